The molecule has 172 valence electrons. The van der Waals surface area contributed by atoms with Crippen molar-refractivity contribution in [1.82, 2.24) is 25.1 Å². The van der Waals surface area contributed by atoms with Crippen molar-refractivity contribution in [1.29, 1.82) is 0 Å². The molecule has 1 saturated heterocycles. The van der Waals surface area contributed by atoms with Crippen LogP contribution in [0, 0.1) is 6.92 Å². The average Bonchev–Trinajstić information content (AvgIpc) is 3.32. The van der Waals surface area contributed by atoms with Crippen LogP contribution in [0.4, 0.5) is 11.4 Å². The quantitative estimate of drug-likeness (QED) is 0.536. The van der Waals surface area contributed by atoms with E-state index in [0.29, 0.717) is 11.6 Å². The van der Waals surface area contributed by atoms with Crippen LogP contribution in [0.1, 0.15) is 18.9 Å². The van der Waals surface area contributed by atoms with Gasteiger partial charge in [0.15, 0.2) is 0 Å². The zero-order valence-corrected chi connectivity index (χ0v) is 19.6. The zero-order valence-electron chi connectivity index (χ0n) is 18.8. The molecule has 0 bridgehead atoms. The number of nitrogens with zero attached hydrogens (tertiary/aromatic N) is 6. The predicted molar refractivity (Wildman–Crippen MR) is 129 cm³/mol. The molecule has 4 rings (SSSR count). The van der Waals surface area contributed by atoms with Gasteiger partial charge in [-0.05, 0) is 53.7 Å². The van der Waals surface area contributed by atoms with E-state index in [9.17, 15) is 9.59 Å². The van der Waals surface area contributed by atoms with Gasteiger partial charge in [-0.3, -0.25) is 9.59 Å². The number of hydrogen-bond donors (Lipinski definition) is 1. The van der Waals surface area contributed by atoms with Crippen molar-refractivity contribution < 1.29 is 9.59 Å². The van der Waals surface area contributed by atoms with E-state index in [-0.39, 0.29) is 17.6 Å². The standard InChI is InChI=1S/C23H27N7O2S/c1-3-22(32)29-14-12-28(13-15-29)19-10-6-18(7-11-19)24-21(31)16-33-23-25-26-27-30(23)20-8-4-17(2)5-9-20/h4-11H,3,12-16H2,1-2H3,(H,24,31). The molecule has 0 aliphatic carbocycles. The molecule has 1 aliphatic rings. The normalized spacial score (nSPS) is 13.8. The second-order valence-electron chi connectivity index (χ2n) is 7.81. The maximum Gasteiger partial charge on any atom is 0.234 e. The van der Waals surface area contributed by atoms with E-state index < -0.39 is 0 Å². The lowest BCUT2D eigenvalue weighted by molar-refractivity contribution is -0.131. The molecule has 2 aromatic carbocycles. The summed E-state index contributed by atoms with van der Waals surface area (Å²) in [6, 6.07) is 15.7. The SMILES string of the molecule is CCC(=O)N1CCN(c2ccc(NC(=O)CSc3nnnn3-c3ccc(C)cc3)cc2)CC1. The number of benzene rings is 2. The highest BCUT2D eigenvalue weighted by atomic mass is 32.2. The van der Waals surface area contributed by atoms with Crippen LogP contribution in [0.5, 0.6) is 0 Å². The van der Waals surface area contributed by atoms with Gasteiger partial charge in [0.1, 0.15) is 0 Å². The maximum absolute atomic E-state index is 12.5. The minimum absolute atomic E-state index is 0.127. The molecule has 1 fully saturated rings. The Morgan fingerprint density at radius 2 is 1.64 bits per heavy atom. The van der Waals surface area contributed by atoms with Crippen LogP contribution in [-0.4, -0.2) is 68.9 Å². The fourth-order valence-electron chi connectivity index (χ4n) is 3.64. The lowest BCUT2D eigenvalue weighted by atomic mass is 10.2. The van der Waals surface area contributed by atoms with Gasteiger partial charge in [0.05, 0.1) is 11.4 Å². The van der Waals surface area contributed by atoms with Gasteiger partial charge in [0.2, 0.25) is 17.0 Å². The molecule has 9 nitrogen and oxygen atoms in total. The van der Waals surface area contributed by atoms with Gasteiger partial charge in [0.25, 0.3) is 0 Å². The van der Waals surface area contributed by atoms with Crippen molar-refractivity contribution in [2.75, 3.05) is 42.1 Å². The van der Waals surface area contributed by atoms with Gasteiger partial charge in [-0.25, -0.2) is 0 Å². The van der Waals surface area contributed by atoms with Crippen molar-refractivity contribution >= 4 is 35.0 Å². The van der Waals surface area contributed by atoms with Crippen molar-refractivity contribution in [3.63, 3.8) is 0 Å². The minimum Gasteiger partial charge on any atom is -0.368 e. The molecule has 33 heavy (non-hydrogen) atoms. The third-order valence-corrected chi connectivity index (χ3v) is 6.42. The Labute approximate surface area is 197 Å². The second-order valence-corrected chi connectivity index (χ2v) is 8.76. The summed E-state index contributed by atoms with van der Waals surface area (Å²) in [5, 5.41) is 15.3. The van der Waals surface area contributed by atoms with Gasteiger partial charge >= 0.3 is 0 Å². The second kappa shape index (κ2) is 10.5. The van der Waals surface area contributed by atoms with E-state index in [1.807, 2.05) is 67.3 Å². The molecule has 0 saturated carbocycles. The monoisotopic (exact) mass is 465 g/mol. The molecule has 1 aliphatic heterocycles. The van der Waals surface area contributed by atoms with Gasteiger partial charge < -0.3 is 15.1 Å². The fraction of sp³-hybridized carbons (Fsp3) is 0.348. The first-order valence-corrected chi connectivity index (χ1v) is 11.9. The Morgan fingerprint density at radius 1 is 0.970 bits per heavy atom. The number of carbonyl (C=O) groups is 2. The summed E-state index contributed by atoms with van der Waals surface area (Å²) in [5.41, 5.74) is 3.83. The smallest absolute Gasteiger partial charge is 0.234 e. The largest absolute Gasteiger partial charge is 0.368 e. The van der Waals surface area contributed by atoms with Crippen molar-refractivity contribution in [2.24, 2.45) is 0 Å². The number of anilines is 2. The summed E-state index contributed by atoms with van der Waals surface area (Å²) in [5.74, 6) is 0.276. The minimum atomic E-state index is -0.127. The summed E-state index contributed by atoms with van der Waals surface area (Å²) < 4.78 is 1.63. The first-order chi connectivity index (χ1) is 16.0. The number of carbonyl (C=O) groups excluding carboxylic acids is 2. The van der Waals surface area contributed by atoms with E-state index in [1.165, 1.54) is 11.8 Å². The number of amides is 2. The summed E-state index contributed by atoms with van der Waals surface area (Å²) in [6.07, 6.45) is 0.549. The van der Waals surface area contributed by atoms with Crippen molar-refractivity contribution in [2.45, 2.75) is 25.4 Å². The number of nitrogens with one attached hydrogen (secondary N) is 1. The molecular weight excluding hydrogens is 438 g/mol. The maximum atomic E-state index is 12.5. The number of aromatic nitrogens is 4. The molecule has 3 aromatic rings. The van der Waals surface area contributed by atoms with Crippen LogP contribution in [0.25, 0.3) is 5.69 Å². The number of piperazine rings is 1. The van der Waals surface area contributed by atoms with Crippen LogP contribution in [0.15, 0.2) is 53.7 Å². The number of rotatable bonds is 7. The highest BCUT2D eigenvalue weighted by molar-refractivity contribution is 7.99. The average molecular weight is 466 g/mol. The van der Waals surface area contributed by atoms with E-state index in [0.717, 1.165) is 48.8 Å². The number of hydrogen-bond acceptors (Lipinski definition) is 7. The van der Waals surface area contributed by atoms with E-state index in [4.69, 9.17) is 0 Å². The fourth-order valence-corrected chi connectivity index (χ4v) is 4.33. The molecule has 2 heterocycles. The Kier molecular flexibility index (Phi) is 7.23. The molecule has 0 spiro atoms. The Balaban J connectivity index is 1.28. The van der Waals surface area contributed by atoms with Crippen LogP contribution in [-0.2, 0) is 9.59 Å². The first kappa shape index (κ1) is 22.8. The number of tetrazole rings is 1. The van der Waals surface area contributed by atoms with Gasteiger partial charge in [-0.15, -0.1) is 5.10 Å². The third-order valence-electron chi connectivity index (χ3n) is 5.50. The van der Waals surface area contributed by atoms with Crippen LogP contribution in [0.3, 0.4) is 0 Å². The number of aryl methyl sites for hydroxylation is 1. The summed E-state index contributed by atoms with van der Waals surface area (Å²) in [7, 11) is 0. The van der Waals surface area contributed by atoms with E-state index in [1.54, 1.807) is 4.68 Å². The van der Waals surface area contributed by atoms with Crippen LogP contribution < -0.4 is 10.2 Å². The molecule has 0 atom stereocenters. The van der Waals surface area contributed by atoms with Crippen molar-refractivity contribution in [3.8, 4) is 5.69 Å². The zero-order chi connectivity index (χ0) is 23.2. The Morgan fingerprint density at radius 3 is 2.30 bits per heavy atom. The first-order valence-electron chi connectivity index (χ1n) is 10.9. The predicted octanol–water partition coefficient (Wildman–Crippen LogP) is 2.76. The summed E-state index contributed by atoms with van der Waals surface area (Å²) in [6.45, 7) is 7.01. The number of thioether (sulfide) groups is 1. The molecular formula is C23H27N7O2S. The van der Waals surface area contributed by atoms with Crippen LogP contribution in [0.2, 0.25) is 0 Å². The topological polar surface area (TPSA) is 96.2 Å². The lowest BCUT2D eigenvalue weighted by Crippen LogP contribution is -2.48. The third kappa shape index (κ3) is 5.70. The van der Waals surface area contributed by atoms with Gasteiger partial charge in [0, 0.05) is 44.0 Å². The van der Waals surface area contributed by atoms with Gasteiger partial charge in [-0.2, -0.15) is 4.68 Å². The van der Waals surface area contributed by atoms with Crippen molar-refractivity contribution in [3.05, 3.63) is 54.1 Å². The highest BCUT2D eigenvalue weighted by Crippen LogP contribution is 2.21. The molecule has 1 aromatic heterocycles. The van der Waals surface area contributed by atoms with Crippen LogP contribution >= 0.6 is 11.8 Å². The van der Waals surface area contributed by atoms with Gasteiger partial charge in [-0.1, -0.05) is 36.4 Å². The Hall–Kier alpha value is -3.40. The van der Waals surface area contributed by atoms with E-state index >= 15 is 0 Å². The summed E-state index contributed by atoms with van der Waals surface area (Å²) >= 11 is 1.28. The molecule has 0 radical (unpaired) electrons. The molecule has 0 unspecified atom stereocenters. The summed E-state index contributed by atoms with van der Waals surface area (Å²) in [4.78, 5) is 28.5. The molecule has 1 N–H and O–H groups in total. The lowest BCUT2D eigenvalue weighted by Gasteiger charge is -2.36. The highest BCUT2D eigenvalue weighted by Gasteiger charge is 2.20. The molecule has 10 heteroatoms. The molecule has 2 amide bonds. The Bertz CT molecular complexity index is 1090. The van der Waals surface area contributed by atoms with E-state index in [2.05, 4.69) is 25.7 Å².